The number of hydrogen-bond donors (Lipinski definition) is 1. The van der Waals surface area contributed by atoms with Gasteiger partial charge in [0.1, 0.15) is 5.75 Å². The van der Waals surface area contributed by atoms with Crippen molar-refractivity contribution in [2.45, 2.75) is 19.4 Å². The van der Waals surface area contributed by atoms with Crippen molar-refractivity contribution in [1.29, 1.82) is 0 Å². The summed E-state index contributed by atoms with van der Waals surface area (Å²) in [7, 11) is 1.61. The number of fused-ring (bicyclic) bond motifs is 2. The summed E-state index contributed by atoms with van der Waals surface area (Å²) in [6.07, 6.45) is 5.74. The Labute approximate surface area is 208 Å². The molecule has 0 spiro atoms. The molecule has 1 saturated heterocycles. The minimum atomic E-state index is -0.246. The molecule has 8 heteroatoms. The highest BCUT2D eigenvalue weighted by atomic mass is 35.5. The van der Waals surface area contributed by atoms with Crippen molar-refractivity contribution in [2.24, 2.45) is 5.92 Å². The van der Waals surface area contributed by atoms with Crippen LogP contribution in [-0.2, 0) is 13.0 Å². The summed E-state index contributed by atoms with van der Waals surface area (Å²) in [5, 5.41) is 8.67. The van der Waals surface area contributed by atoms with Crippen LogP contribution in [0.2, 0.25) is 5.02 Å². The number of ketones is 1. The second-order valence-electron chi connectivity index (χ2n) is 9.30. The lowest BCUT2D eigenvalue weighted by molar-refractivity contribution is 0.0856. The SMILES string of the molecule is COc1n[nH]cc1-c1ccc2c(C(=O)C3COc4ccc(Cl)cc4C3)cn(CCN3CCC3)c2c1. The first-order chi connectivity index (χ1) is 17.1. The maximum Gasteiger partial charge on any atom is 0.240 e. The molecule has 1 unspecified atom stereocenters. The van der Waals surface area contributed by atoms with Crippen molar-refractivity contribution in [3.63, 3.8) is 0 Å². The third-order valence-corrected chi connectivity index (χ3v) is 7.40. The number of aromatic nitrogens is 3. The third kappa shape index (κ3) is 4.09. The summed E-state index contributed by atoms with van der Waals surface area (Å²) in [6.45, 7) is 4.45. The lowest BCUT2D eigenvalue weighted by Crippen LogP contribution is -2.39. The molecule has 0 amide bonds. The van der Waals surface area contributed by atoms with Gasteiger partial charge in [0.2, 0.25) is 5.88 Å². The standard InChI is InChI=1S/C27H27ClN4O3/c1-34-27-22(14-29-30-27)17-3-5-21-23(15-32(24(21)13-17)10-9-31-7-2-8-31)26(33)19-11-18-12-20(28)4-6-25(18)35-16-19/h3-6,12-15,19H,2,7-11,16H2,1H3,(H,29,30). The van der Waals surface area contributed by atoms with Crippen molar-refractivity contribution >= 4 is 28.3 Å². The second-order valence-corrected chi connectivity index (χ2v) is 9.74. The monoisotopic (exact) mass is 490 g/mol. The first-order valence-electron chi connectivity index (χ1n) is 12.0. The van der Waals surface area contributed by atoms with E-state index in [1.807, 2.05) is 42.7 Å². The van der Waals surface area contributed by atoms with Crippen LogP contribution < -0.4 is 9.47 Å². The van der Waals surface area contributed by atoms with E-state index in [1.165, 1.54) is 6.42 Å². The van der Waals surface area contributed by atoms with Crippen LogP contribution in [-0.4, -0.2) is 58.8 Å². The zero-order chi connectivity index (χ0) is 23.9. The van der Waals surface area contributed by atoms with Crippen LogP contribution in [0.15, 0.2) is 48.8 Å². The summed E-state index contributed by atoms with van der Waals surface area (Å²) in [4.78, 5) is 16.2. The van der Waals surface area contributed by atoms with Crippen molar-refractivity contribution in [3.05, 3.63) is 64.9 Å². The number of carbonyl (C=O) groups excluding carboxylic acids is 1. The Morgan fingerprint density at radius 3 is 2.91 bits per heavy atom. The quantitative estimate of drug-likeness (QED) is 0.375. The molecule has 1 N–H and O–H groups in total. The lowest BCUT2D eigenvalue weighted by atomic mass is 9.89. The minimum absolute atomic E-state index is 0.108. The van der Waals surface area contributed by atoms with Crippen LogP contribution in [0.3, 0.4) is 0 Å². The van der Waals surface area contributed by atoms with Crippen LogP contribution in [0.1, 0.15) is 22.3 Å². The smallest absolute Gasteiger partial charge is 0.240 e. The number of carbonyl (C=O) groups is 1. The highest BCUT2D eigenvalue weighted by Crippen LogP contribution is 2.35. The summed E-state index contributed by atoms with van der Waals surface area (Å²) < 4.78 is 13.6. The summed E-state index contributed by atoms with van der Waals surface area (Å²) in [5.74, 6) is 1.23. The van der Waals surface area contributed by atoms with E-state index in [1.54, 1.807) is 7.11 Å². The first-order valence-corrected chi connectivity index (χ1v) is 12.4. The van der Waals surface area contributed by atoms with E-state index < -0.39 is 0 Å². The predicted molar refractivity (Wildman–Crippen MR) is 136 cm³/mol. The Hall–Kier alpha value is -3.29. The number of nitrogens with one attached hydrogen (secondary N) is 1. The van der Waals surface area contributed by atoms with E-state index in [-0.39, 0.29) is 11.7 Å². The topological polar surface area (TPSA) is 72.4 Å². The fraction of sp³-hybridized carbons (Fsp3) is 0.333. The van der Waals surface area contributed by atoms with E-state index in [2.05, 4.69) is 25.7 Å². The number of benzene rings is 2. The first kappa shape index (κ1) is 22.2. The zero-order valence-electron chi connectivity index (χ0n) is 19.6. The molecule has 180 valence electrons. The van der Waals surface area contributed by atoms with Crippen LogP contribution in [0.5, 0.6) is 11.6 Å². The maximum atomic E-state index is 13.8. The van der Waals surface area contributed by atoms with Crippen molar-refractivity contribution < 1.29 is 14.3 Å². The van der Waals surface area contributed by atoms with Gasteiger partial charge in [0.15, 0.2) is 5.78 Å². The number of nitrogens with zero attached hydrogens (tertiary/aromatic N) is 3. The number of aromatic amines is 1. The van der Waals surface area contributed by atoms with Gasteiger partial charge in [-0.1, -0.05) is 23.7 Å². The average Bonchev–Trinajstić information content (AvgIpc) is 3.46. The Morgan fingerprint density at radius 2 is 2.11 bits per heavy atom. The molecule has 4 heterocycles. The van der Waals surface area contributed by atoms with Gasteiger partial charge in [-0.2, -0.15) is 0 Å². The summed E-state index contributed by atoms with van der Waals surface area (Å²) in [5.41, 5.74) is 4.66. The molecule has 0 bridgehead atoms. The third-order valence-electron chi connectivity index (χ3n) is 7.16. The van der Waals surface area contributed by atoms with Gasteiger partial charge in [0.25, 0.3) is 0 Å². The fourth-order valence-electron chi connectivity index (χ4n) is 5.09. The fourth-order valence-corrected chi connectivity index (χ4v) is 5.28. The van der Waals surface area contributed by atoms with Gasteiger partial charge < -0.3 is 18.9 Å². The number of halogens is 1. The van der Waals surface area contributed by atoms with Gasteiger partial charge in [0.05, 0.1) is 25.2 Å². The van der Waals surface area contributed by atoms with Gasteiger partial charge in [-0.15, -0.1) is 5.10 Å². The molecule has 1 atom stereocenters. The van der Waals surface area contributed by atoms with Crippen LogP contribution in [0.25, 0.3) is 22.0 Å². The van der Waals surface area contributed by atoms with E-state index in [9.17, 15) is 4.79 Å². The normalized spacial score (nSPS) is 17.6. The number of Topliss-reactive ketones (excluding diaryl/α,β-unsaturated/α-hetero) is 1. The Balaban J connectivity index is 1.36. The molecule has 1 fully saturated rings. The van der Waals surface area contributed by atoms with E-state index in [4.69, 9.17) is 21.1 Å². The largest absolute Gasteiger partial charge is 0.493 e. The number of H-pyrrole nitrogens is 1. The molecule has 0 saturated carbocycles. The Bertz CT molecular complexity index is 1400. The highest BCUT2D eigenvalue weighted by molar-refractivity contribution is 6.30. The maximum absolute atomic E-state index is 13.8. The van der Waals surface area contributed by atoms with Gasteiger partial charge >= 0.3 is 0 Å². The number of likely N-dealkylation sites (tertiary alicyclic amines) is 1. The predicted octanol–water partition coefficient (Wildman–Crippen LogP) is 4.83. The van der Waals surface area contributed by atoms with Crippen LogP contribution in [0.4, 0.5) is 0 Å². The minimum Gasteiger partial charge on any atom is -0.493 e. The van der Waals surface area contributed by atoms with E-state index in [0.29, 0.717) is 23.9 Å². The Kier molecular flexibility index (Phi) is 5.74. The Morgan fingerprint density at radius 1 is 1.23 bits per heavy atom. The highest BCUT2D eigenvalue weighted by Gasteiger charge is 2.29. The molecular formula is C27H27ClN4O3. The van der Waals surface area contributed by atoms with E-state index in [0.717, 1.165) is 65.1 Å². The number of methoxy groups -OCH3 is 1. The summed E-state index contributed by atoms with van der Waals surface area (Å²) >= 11 is 6.19. The van der Waals surface area contributed by atoms with E-state index >= 15 is 0 Å². The molecule has 4 aromatic rings. The molecule has 6 rings (SSSR count). The molecule has 35 heavy (non-hydrogen) atoms. The molecule has 2 aromatic carbocycles. The molecule has 2 aliphatic rings. The van der Waals surface area contributed by atoms with Gasteiger partial charge in [-0.05, 0) is 61.3 Å². The summed E-state index contributed by atoms with van der Waals surface area (Å²) in [6, 6.07) is 11.8. The second kappa shape index (κ2) is 9.06. The van der Waals surface area contributed by atoms with Crippen molar-refractivity contribution in [3.8, 4) is 22.8 Å². The molecule has 0 radical (unpaired) electrons. The van der Waals surface area contributed by atoms with Crippen LogP contribution >= 0.6 is 11.6 Å². The number of hydrogen-bond acceptors (Lipinski definition) is 5. The van der Waals surface area contributed by atoms with Gasteiger partial charge in [-0.25, -0.2) is 0 Å². The molecule has 2 aromatic heterocycles. The molecule has 7 nitrogen and oxygen atoms in total. The lowest BCUT2D eigenvalue weighted by Gasteiger charge is -2.30. The number of rotatable bonds is 7. The molecule has 0 aliphatic carbocycles. The number of ether oxygens (including phenoxy) is 2. The van der Waals surface area contributed by atoms with Crippen LogP contribution in [0, 0.1) is 5.92 Å². The average molecular weight is 491 g/mol. The molecule has 2 aliphatic heterocycles. The van der Waals surface area contributed by atoms with Gasteiger partial charge in [0, 0.05) is 47.0 Å². The van der Waals surface area contributed by atoms with Crippen molar-refractivity contribution in [2.75, 3.05) is 33.4 Å². The van der Waals surface area contributed by atoms with Gasteiger partial charge in [-0.3, -0.25) is 9.89 Å². The zero-order valence-corrected chi connectivity index (χ0v) is 20.3. The van der Waals surface area contributed by atoms with Crippen molar-refractivity contribution in [1.82, 2.24) is 19.7 Å². The molecular weight excluding hydrogens is 464 g/mol.